The lowest BCUT2D eigenvalue weighted by molar-refractivity contribution is 0.525. The number of fused-ring (bicyclic) bond motifs is 1. The Balaban J connectivity index is 1.79. The first-order valence-electron chi connectivity index (χ1n) is 6.22. The number of aromatic nitrogens is 5. The van der Waals surface area contributed by atoms with Crippen molar-refractivity contribution in [3.05, 3.63) is 42.6 Å². The Hall–Kier alpha value is -1.88. The number of aryl methyl sites for hydroxylation is 2. The van der Waals surface area contributed by atoms with Gasteiger partial charge in [0.2, 0.25) is 0 Å². The molecule has 0 spiro atoms. The highest BCUT2D eigenvalue weighted by Crippen LogP contribution is 2.15. The maximum Gasteiger partial charge on any atom is 0.160 e. The van der Waals surface area contributed by atoms with E-state index in [4.69, 9.17) is 11.6 Å². The quantitative estimate of drug-likeness (QED) is 0.672. The molecule has 0 aromatic carbocycles. The van der Waals surface area contributed by atoms with Crippen molar-refractivity contribution in [1.29, 1.82) is 0 Å². The largest absolute Gasteiger partial charge is 0.312 e. The standard InChI is InChI=1S/C13H14ClN5/c14-10-12-17-11-4-1-5-15-13(11)19(12)9-3-8-18-7-2-6-16-18/h1-2,4-7H,3,8-10H2. The SMILES string of the molecule is ClCc1nc2cccnc2n1CCCn1cccn1. The van der Waals surface area contributed by atoms with Crippen molar-refractivity contribution in [2.75, 3.05) is 0 Å². The van der Waals surface area contributed by atoms with Crippen LogP contribution in [0, 0.1) is 0 Å². The van der Waals surface area contributed by atoms with Gasteiger partial charge in [0.1, 0.15) is 11.3 Å². The molecule has 0 aliphatic heterocycles. The molecule has 6 heteroatoms. The highest BCUT2D eigenvalue weighted by atomic mass is 35.5. The number of hydrogen-bond acceptors (Lipinski definition) is 3. The van der Waals surface area contributed by atoms with Crippen molar-refractivity contribution in [3.8, 4) is 0 Å². The van der Waals surface area contributed by atoms with E-state index < -0.39 is 0 Å². The molecule has 0 atom stereocenters. The van der Waals surface area contributed by atoms with Gasteiger partial charge in [-0.05, 0) is 24.6 Å². The molecule has 0 fully saturated rings. The Bertz CT molecular complexity index is 659. The number of alkyl halides is 1. The molecule has 3 rings (SSSR count). The van der Waals surface area contributed by atoms with Crippen molar-refractivity contribution in [2.24, 2.45) is 0 Å². The van der Waals surface area contributed by atoms with E-state index in [1.165, 1.54) is 0 Å². The molecule has 0 radical (unpaired) electrons. The van der Waals surface area contributed by atoms with Crippen LogP contribution >= 0.6 is 11.6 Å². The van der Waals surface area contributed by atoms with E-state index in [1.807, 2.05) is 29.1 Å². The fourth-order valence-electron chi connectivity index (χ4n) is 2.17. The lowest BCUT2D eigenvalue weighted by atomic mass is 10.4. The Morgan fingerprint density at radius 1 is 1.16 bits per heavy atom. The van der Waals surface area contributed by atoms with Crippen LogP contribution in [0.25, 0.3) is 11.2 Å². The fraction of sp³-hybridized carbons (Fsp3) is 0.308. The zero-order valence-corrected chi connectivity index (χ0v) is 11.2. The molecule has 0 bridgehead atoms. The van der Waals surface area contributed by atoms with Gasteiger partial charge in [-0.25, -0.2) is 9.97 Å². The van der Waals surface area contributed by atoms with E-state index in [1.54, 1.807) is 12.4 Å². The Kier molecular flexibility index (Phi) is 3.46. The molecule has 3 aromatic rings. The molecule has 0 amide bonds. The lowest BCUT2D eigenvalue weighted by Crippen LogP contribution is -2.07. The monoisotopic (exact) mass is 275 g/mol. The van der Waals surface area contributed by atoms with Crippen LogP contribution in [0.15, 0.2) is 36.8 Å². The van der Waals surface area contributed by atoms with Crippen molar-refractivity contribution in [3.63, 3.8) is 0 Å². The summed E-state index contributed by atoms with van der Waals surface area (Å²) in [6.45, 7) is 1.72. The van der Waals surface area contributed by atoms with E-state index in [2.05, 4.69) is 19.6 Å². The van der Waals surface area contributed by atoms with E-state index in [-0.39, 0.29) is 0 Å². The Morgan fingerprint density at radius 3 is 2.89 bits per heavy atom. The summed E-state index contributed by atoms with van der Waals surface area (Å²) in [5, 5.41) is 4.19. The van der Waals surface area contributed by atoms with Gasteiger partial charge >= 0.3 is 0 Å². The second kappa shape index (κ2) is 5.40. The van der Waals surface area contributed by atoms with Crippen molar-refractivity contribution >= 4 is 22.8 Å². The average molecular weight is 276 g/mol. The van der Waals surface area contributed by atoms with E-state index >= 15 is 0 Å². The number of pyridine rings is 1. The van der Waals surface area contributed by atoms with Gasteiger partial charge in [-0.1, -0.05) is 0 Å². The highest BCUT2D eigenvalue weighted by Gasteiger charge is 2.10. The fourth-order valence-corrected chi connectivity index (χ4v) is 2.37. The van der Waals surface area contributed by atoms with Crippen LogP contribution in [-0.4, -0.2) is 24.3 Å². The van der Waals surface area contributed by atoms with Gasteiger partial charge in [-0.15, -0.1) is 11.6 Å². The third-order valence-corrected chi connectivity index (χ3v) is 3.27. The molecule has 0 saturated heterocycles. The van der Waals surface area contributed by atoms with Gasteiger partial charge in [-0.3, -0.25) is 4.68 Å². The third kappa shape index (κ3) is 2.46. The number of nitrogens with zero attached hydrogens (tertiary/aromatic N) is 5. The zero-order valence-electron chi connectivity index (χ0n) is 10.4. The molecule has 0 saturated carbocycles. The molecule has 0 unspecified atom stereocenters. The topological polar surface area (TPSA) is 48.5 Å². The van der Waals surface area contributed by atoms with Crippen LogP contribution in [0.3, 0.4) is 0 Å². The normalized spacial score (nSPS) is 11.2. The van der Waals surface area contributed by atoms with Gasteiger partial charge in [0, 0.05) is 31.7 Å². The van der Waals surface area contributed by atoms with Crippen LogP contribution in [0.5, 0.6) is 0 Å². The summed E-state index contributed by atoms with van der Waals surface area (Å²) in [5.41, 5.74) is 1.80. The molecular weight excluding hydrogens is 262 g/mol. The molecule has 19 heavy (non-hydrogen) atoms. The number of imidazole rings is 1. The summed E-state index contributed by atoms with van der Waals surface area (Å²) in [4.78, 5) is 8.88. The van der Waals surface area contributed by atoms with Gasteiger partial charge in [0.25, 0.3) is 0 Å². The minimum absolute atomic E-state index is 0.401. The van der Waals surface area contributed by atoms with Gasteiger partial charge in [0.15, 0.2) is 5.65 Å². The smallest absolute Gasteiger partial charge is 0.160 e. The van der Waals surface area contributed by atoms with E-state index in [0.717, 1.165) is 36.5 Å². The van der Waals surface area contributed by atoms with E-state index in [9.17, 15) is 0 Å². The highest BCUT2D eigenvalue weighted by molar-refractivity contribution is 6.16. The predicted molar refractivity (Wildman–Crippen MR) is 73.9 cm³/mol. The predicted octanol–water partition coefficient (Wildman–Crippen LogP) is 2.46. The zero-order chi connectivity index (χ0) is 13.1. The molecule has 0 N–H and O–H groups in total. The van der Waals surface area contributed by atoms with Gasteiger partial charge < -0.3 is 4.57 Å². The summed E-state index contributed by atoms with van der Waals surface area (Å²) in [5.74, 6) is 1.27. The first-order chi connectivity index (χ1) is 9.38. The average Bonchev–Trinajstić information content (AvgIpc) is 3.06. The van der Waals surface area contributed by atoms with Crippen molar-refractivity contribution in [1.82, 2.24) is 24.3 Å². The molecule has 0 aliphatic rings. The molecule has 3 aromatic heterocycles. The van der Waals surface area contributed by atoms with Crippen LogP contribution in [-0.2, 0) is 19.0 Å². The Labute approximate surface area is 115 Å². The molecule has 3 heterocycles. The first-order valence-corrected chi connectivity index (χ1v) is 6.75. The number of halogens is 1. The maximum atomic E-state index is 5.95. The first kappa shape index (κ1) is 12.2. The van der Waals surface area contributed by atoms with Crippen LogP contribution in [0.2, 0.25) is 0 Å². The summed E-state index contributed by atoms with van der Waals surface area (Å²) < 4.78 is 4.01. The molecule has 0 aliphatic carbocycles. The number of rotatable bonds is 5. The summed E-state index contributed by atoms with van der Waals surface area (Å²) in [6, 6.07) is 5.78. The third-order valence-electron chi connectivity index (χ3n) is 3.03. The molecule has 98 valence electrons. The van der Waals surface area contributed by atoms with Gasteiger partial charge in [-0.2, -0.15) is 5.10 Å². The summed E-state index contributed by atoms with van der Waals surface area (Å²) in [7, 11) is 0. The van der Waals surface area contributed by atoms with Crippen LogP contribution < -0.4 is 0 Å². The minimum atomic E-state index is 0.401. The Morgan fingerprint density at radius 2 is 2.11 bits per heavy atom. The second-order valence-corrected chi connectivity index (χ2v) is 4.55. The van der Waals surface area contributed by atoms with Crippen molar-refractivity contribution < 1.29 is 0 Å². The summed E-state index contributed by atoms with van der Waals surface area (Å²) in [6.07, 6.45) is 6.50. The van der Waals surface area contributed by atoms with Crippen molar-refractivity contribution in [2.45, 2.75) is 25.4 Å². The van der Waals surface area contributed by atoms with E-state index in [0.29, 0.717) is 5.88 Å². The lowest BCUT2D eigenvalue weighted by Gasteiger charge is -2.07. The second-order valence-electron chi connectivity index (χ2n) is 4.28. The van der Waals surface area contributed by atoms with Crippen LogP contribution in [0.1, 0.15) is 12.2 Å². The minimum Gasteiger partial charge on any atom is -0.312 e. The number of hydrogen-bond donors (Lipinski definition) is 0. The molecular formula is C13H14ClN5. The van der Waals surface area contributed by atoms with Gasteiger partial charge in [0.05, 0.1) is 5.88 Å². The van der Waals surface area contributed by atoms with Crippen LogP contribution in [0.4, 0.5) is 0 Å². The maximum absolute atomic E-state index is 5.95. The molecule has 5 nitrogen and oxygen atoms in total. The summed E-state index contributed by atoms with van der Waals surface area (Å²) >= 11 is 5.95.